The summed E-state index contributed by atoms with van der Waals surface area (Å²) >= 11 is 0. The number of benzene rings is 1. The Bertz CT molecular complexity index is 942. The number of piperidine rings is 1. The summed E-state index contributed by atoms with van der Waals surface area (Å²) in [5.74, 6) is -0.613. The second-order valence-electron chi connectivity index (χ2n) is 8.23. The van der Waals surface area contributed by atoms with Gasteiger partial charge in [-0.1, -0.05) is 17.3 Å². The topological polar surface area (TPSA) is 73.6 Å². The number of nitrogens with zero attached hydrogens (tertiary/aromatic N) is 1. The molecule has 30 heavy (non-hydrogen) atoms. The number of hydrogen-bond acceptors (Lipinski definition) is 6. The maximum absolute atomic E-state index is 13.1. The van der Waals surface area contributed by atoms with E-state index in [1.165, 1.54) is 18.2 Å². The molecule has 2 bridgehead atoms. The molecule has 1 aliphatic carbocycles. The van der Waals surface area contributed by atoms with Crippen molar-refractivity contribution in [2.24, 2.45) is 0 Å². The summed E-state index contributed by atoms with van der Waals surface area (Å²) < 4.78 is 54.0. The Labute approximate surface area is 170 Å². The number of carbonyl (C=O) groups excluding carboxylic acids is 1. The van der Waals surface area contributed by atoms with Gasteiger partial charge < -0.3 is 19.3 Å². The first-order valence-corrected chi connectivity index (χ1v) is 10.2. The molecule has 3 aliphatic rings. The van der Waals surface area contributed by atoms with E-state index < -0.39 is 18.1 Å². The molecule has 0 amide bonds. The SMILES string of the molecule is O=C(OC1CC2CCC(C1)N2)c1c(-c2ccccc2OC(F)(F)F)noc1C1CC1. The third-order valence-corrected chi connectivity index (χ3v) is 5.94. The van der Waals surface area contributed by atoms with Crippen molar-refractivity contribution in [3.63, 3.8) is 0 Å². The summed E-state index contributed by atoms with van der Waals surface area (Å²) in [7, 11) is 0. The van der Waals surface area contributed by atoms with Gasteiger partial charge >= 0.3 is 12.3 Å². The summed E-state index contributed by atoms with van der Waals surface area (Å²) in [4.78, 5) is 13.1. The predicted octanol–water partition coefficient (Wildman–Crippen LogP) is 4.56. The molecule has 3 fully saturated rings. The lowest BCUT2D eigenvalue weighted by atomic mass is 10.0. The standard InChI is InChI=1S/C21H21F3N2O4/c22-21(23,24)29-16-4-2-1-3-15(16)18-17(19(30-26-18)11-5-6-11)20(27)28-14-9-12-7-8-13(10-14)25-12/h1-4,11-14,25H,5-10H2. The number of nitrogens with one attached hydrogen (secondary N) is 1. The normalized spacial score (nSPS) is 25.9. The minimum Gasteiger partial charge on any atom is -0.459 e. The van der Waals surface area contributed by atoms with Crippen molar-refractivity contribution < 1.29 is 32.0 Å². The zero-order chi connectivity index (χ0) is 20.9. The van der Waals surface area contributed by atoms with Gasteiger partial charge in [-0.15, -0.1) is 13.2 Å². The molecule has 160 valence electrons. The fraction of sp³-hybridized carbons (Fsp3) is 0.524. The summed E-state index contributed by atoms with van der Waals surface area (Å²) in [6, 6.07) is 6.28. The number of halogens is 3. The number of carbonyl (C=O) groups is 1. The van der Waals surface area contributed by atoms with Crippen LogP contribution >= 0.6 is 0 Å². The molecule has 3 heterocycles. The van der Waals surface area contributed by atoms with Gasteiger partial charge in [0.15, 0.2) is 5.76 Å². The van der Waals surface area contributed by atoms with Crippen molar-refractivity contribution in [3.8, 4) is 17.0 Å². The first-order valence-electron chi connectivity index (χ1n) is 10.2. The fourth-order valence-electron chi connectivity index (χ4n) is 4.50. The quantitative estimate of drug-likeness (QED) is 0.713. The molecule has 2 saturated heterocycles. The van der Waals surface area contributed by atoms with E-state index in [-0.39, 0.29) is 28.8 Å². The van der Waals surface area contributed by atoms with Gasteiger partial charge in [0, 0.05) is 23.6 Å². The number of rotatable bonds is 5. The number of fused-ring (bicyclic) bond motifs is 2. The van der Waals surface area contributed by atoms with E-state index in [0.717, 1.165) is 38.5 Å². The highest BCUT2D eigenvalue weighted by atomic mass is 19.4. The third kappa shape index (κ3) is 3.90. The maximum atomic E-state index is 13.1. The molecule has 1 aromatic carbocycles. The van der Waals surface area contributed by atoms with Crippen molar-refractivity contribution in [1.82, 2.24) is 10.5 Å². The Morgan fingerprint density at radius 1 is 1.10 bits per heavy atom. The molecule has 2 aliphatic heterocycles. The molecule has 6 nitrogen and oxygen atoms in total. The number of para-hydroxylation sites is 1. The van der Waals surface area contributed by atoms with Crippen LogP contribution in [0.2, 0.25) is 0 Å². The van der Waals surface area contributed by atoms with E-state index in [4.69, 9.17) is 9.26 Å². The zero-order valence-electron chi connectivity index (χ0n) is 16.1. The number of alkyl halides is 3. The third-order valence-electron chi connectivity index (χ3n) is 5.94. The fourth-order valence-corrected chi connectivity index (χ4v) is 4.50. The average Bonchev–Trinajstić information content (AvgIpc) is 3.34. The zero-order valence-corrected chi connectivity index (χ0v) is 16.1. The van der Waals surface area contributed by atoms with Crippen molar-refractivity contribution in [3.05, 3.63) is 35.6 Å². The Kier molecular flexibility index (Phi) is 4.72. The minimum atomic E-state index is -4.87. The van der Waals surface area contributed by atoms with Crippen LogP contribution in [0.4, 0.5) is 13.2 Å². The lowest BCUT2D eigenvalue weighted by Gasteiger charge is -2.28. The van der Waals surface area contributed by atoms with Crippen LogP contribution in [0.15, 0.2) is 28.8 Å². The van der Waals surface area contributed by atoms with Crippen LogP contribution < -0.4 is 10.1 Å². The van der Waals surface area contributed by atoms with Gasteiger partial charge in [-0.05, 0) is 50.7 Å². The van der Waals surface area contributed by atoms with Gasteiger partial charge in [-0.25, -0.2) is 4.79 Å². The molecule has 1 N–H and O–H groups in total. The lowest BCUT2D eigenvalue weighted by molar-refractivity contribution is -0.274. The summed E-state index contributed by atoms with van der Waals surface area (Å²) in [5.41, 5.74) is 0.183. The van der Waals surface area contributed by atoms with E-state index in [2.05, 4.69) is 15.2 Å². The largest absolute Gasteiger partial charge is 0.573 e. The minimum absolute atomic E-state index is 0.0265. The van der Waals surface area contributed by atoms with E-state index in [0.29, 0.717) is 17.8 Å². The van der Waals surface area contributed by atoms with Gasteiger partial charge in [0.2, 0.25) is 0 Å². The summed E-state index contributed by atoms with van der Waals surface area (Å²) in [5, 5.41) is 7.45. The summed E-state index contributed by atoms with van der Waals surface area (Å²) in [6.07, 6.45) is 0.172. The second kappa shape index (κ2) is 7.30. The van der Waals surface area contributed by atoms with Crippen molar-refractivity contribution in [2.75, 3.05) is 0 Å². The van der Waals surface area contributed by atoms with Crippen LogP contribution in [-0.2, 0) is 4.74 Å². The Hall–Kier alpha value is -2.55. The first-order chi connectivity index (χ1) is 14.4. The molecule has 2 atom stereocenters. The maximum Gasteiger partial charge on any atom is 0.573 e. The van der Waals surface area contributed by atoms with Crippen molar-refractivity contribution in [1.29, 1.82) is 0 Å². The molecule has 2 aromatic rings. The molecule has 1 saturated carbocycles. The monoisotopic (exact) mass is 422 g/mol. The average molecular weight is 422 g/mol. The molecule has 0 radical (unpaired) electrons. The van der Waals surface area contributed by atoms with Crippen molar-refractivity contribution in [2.45, 2.75) is 69.0 Å². The number of ether oxygens (including phenoxy) is 2. The van der Waals surface area contributed by atoms with Gasteiger partial charge in [0.1, 0.15) is 23.1 Å². The number of esters is 1. The van der Waals surface area contributed by atoms with Crippen LogP contribution in [0.5, 0.6) is 5.75 Å². The highest BCUT2D eigenvalue weighted by Gasteiger charge is 2.40. The van der Waals surface area contributed by atoms with E-state index in [1.54, 1.807) is 6.07 Å². The molecule has 2 unspecified atom stereocenters. The highest BCUT2D eigenvalue weighted by Crippen LogP contribution is 2.46. The van der Waals surface area contributed by atoms with Crippen LogP contribution in [-0.4, -0.2) is 35.7 Å². The van der Waals surface area contributed by atoms with Crippen LogP contribution in [0, 0.1) is 0 Å². The van der Waals surface area contributed by atoms with Gasteiger partial charge in [-0.2, -0.15) is 0 Å². The van der Waals surface area contributed by atoms with Crippen LogP contribution in [0.1, 0.15) is 60.6 Å². The number of hydrogen-bond donors (Lipinski definition) is 1. The predicted molar refractivity (Wildman–Crippen MR) is 99.0 cm³/mol. The summed E-state index contributed by atoms with van der Waals surface area (Å²) in [6.45, 7) is 0. The second-order valence-corrected chi connectivity index (χ2v) is 8.23. The molecule has 0 spiro atoms. The lowest BCUT2D eigenvalue weighted by Crippen LogP contribution is -2.42. The van der Waals surface area contributed by atoms with Gasteiger partial charge in [0.25, 0.3) is 0 Å². The van der Waals surface area contributed by atoms with Gasteiger partial charge in [-0.3, -0.25) is 0 Å². The molecular formula is C21H21F3N2O4. The Morgan fingerprint density at radius 2 is 1.80 bits per heavy atom. The molecule has 5 rings (SSSR count). The van der Waals surface area contributed by atoms with E-state index >= 15 is 0 Å². The molecule has 9 heteroatoms. The van der Waals surface area contributed by atoms with Crippen LogP contribution in [0.25, 0.3) is 11.3 Å². The number of aromatic nitrogens is 1. The van der Waals surface area contributed by atoms with E-state index in [9.17, 15) is 18.0 Å². The van der Waals surface area contributed by atoms with Gasteiger partial charge in [0.05, 0.1) is 0 Å². The Morgan fingerprint density at radius 3 is 2.47 bits per heavy atom. The van der Waals surface area contributed by atoms with Crippen LogP contribution in [0.3, 0.4) is 0 Å². The molecule has 1 aromatic heterocycles. The molecular weight excluding hydrogens is 401 g/mol. The first kappa shape index (κ1) is 19.4. The smallest absolute Gasteiger partial charge is 0.459 e. The Balaban J connectivity index is 1.47. The van der Waals surface area contributed by atoms with E-state index in [1.807, 2.05) is 0 Å². The highest BCUT2D eigenvalue weighted by molar-refractivity contribution is 5.98. The van der Waals surface area contributed by atoms with Crippen molar-refractivity contribution >= 4 is 5.97 Å².